The van der Waals surface area contributed by atoms with Crippen molar-refractivity contribution in [2.45, 2.75) is 136 Å². The Labute approximate surface area is 275 Å². The summed E-state index contributed by atoms with van der Waals surface area (Å²) in [4.78, 5) is 2.48. The number of fused-ring (bicyclic) bond motifs is 5. The second-order valence-corrected chi connectivity index (χ2v) is 17.5. The topological polar surface area (TPSA) is 35.5 Å². The van der Waals surface area contributed by atoms with Gasteiger partial charge in [-0.3, -0.25) is 0 Å². The zero-order valence-electron chi connectivity index (χ0n) is 29.0. The van der Waals surface area contributed by atoms with E-state index in [2.05, 4.69) is 88.8 Å². The second-order valence-electron chi connectivity index (χ2n) is 16.3. The van der Waals surface area contributed by atoms with Crippen molar-refractivity contribution in [3.63, 3.8) is 0 Å². The van der Waals surface area contributed by atoms with Gasteiger partial charge in [-0.15, -0.1) is 30.7 Å². The van der Waals surface area contributed by atoms with Gasteiger partial charge in [-0.25, -0.2) is 0 Å². The monoisotopic (exact) mass is 620 g/mol. The highest BCUT2D eigenvalue weighted by Gasteiger charge is 2.60. The lowest BCUT2D eigenvalue weighted by Gasteiger charge is -2.61. The SMILES string of the molecule is C#CCC(CC)NC(=C)C1=C(C)CSC(C(C=C)CCC(C)C2CCC3C4CCC5CC(O)CCC5(C)C4CCC23C)N1C. The predicted molar refractivity (Wildman–Crippen MR) is 190 cm³/mol. The number of hydrogen-bond acceptors (Lipinski definition) is 4. The van der Waals surface area contributed by atoms with E-state index in [9.17, 15) is 5.11 Å². The molecule has 3 nitrogen and oxygen atoms in total. The van der Waals surface area contributed by atoms with Crippen molar-refractivity contribution < 1.29 is 5.11 Å². The van der Waals surface area contributed by atoms with E-state index in [1.807, 2.05) is 0 Å². The molecule has 4 heteroatoms. The van der Waals surface area contributed by atoms with E-state index in [0.29, 0.717) is 22.1 Å². The number of likely N-dealkylation sites (N-methyl/N-ethyl adjacent to an activating group) is 1. The molecule has 4 aliphatic carbocycles. The Kier molecular flexibility index (Phi) is 10.7. The minimum Gasteiger partial charge on any atom is -0.393 e. The zero-order valence-corrected chi connectivity index (χ0v) is 29.9. The second kappa shape index (κ2) is 13.8. The summed E-state index contributed by atoms with van der Waals surface area (Å²) < 4.78 is 0. The molecule has 0 amide bonds. The van der Waals surface area contributed by atoms with Crippen molar-refractivity contribution in [1.29, 1.82) is 0 Å². The predicted octanol–water partition coefficient (Wildman–Crippen LogP) is 9.41. The fourth-order valence-corrected chi connectivity index (χ4v) is 13.1. The minimum atomic E-state index is -0.0456. The van der Waals surface area contributed by atoms with Crippen LogP contribution in [0, 0.1) is 64.6 Å². The van der Waals surface area contributed by atoms with Crippen LogP contribution in [0.2, 0.25) is 0 Å². The van der Waals surface area contributed by atoms with Crippen molar-refractivity contribution >= 4 is 11.8 Å². The molecule has 0 spiro atoms. The maximum atomic E-state index is 10.4. The molecule has 0 aromatic rings. The van der Waals surface area contributed by atoms with Gasteiger partial charge in [0.05, 0.1) is 22.9 Å². The average Bonchev–Trinajstić information content (AvgIpc) is 3.35. The first kappa shape index (κ1) is 34.0. The molecule has 12 atom stereocenters. The molecule has 0 aromatic heterocycles. The number of terminal acetylenes is 1. The van der Waals surface area contributed by atoms with E-state index in [0.717, 1.165) is 72.6 Å². The molecule has 44 heavy (non-hydrogen) atoms. The first-order chi connectivity index (χ1) is 21.0. The quantitative estimate of drug-likeness (QED) is 0.178. The molecule has 0 saturated heterocycles. The van der Waals surface area contributed by atoms with Crippen LogP contribution in [0.1, 0.15) is 118 Å². The van der Waals surface area contributed by atoms with Crippen molar-refractivity contribution in [3.8, 4) is 12.3 Å². The van der Waals surface area contributed by atoms with E-state index < -0.39 is 0 Å². The fraction of sp³-hybridized carbons (Fsp3) is 0.800. The van der Waals surface area contributed by atoms with Gasteiger partial charge in [-0.2, -0.15) is 0 Å². The van der Waals surface area contributed by atoms with E-state index in [4.69, 9.17) is 6.42 Å². The zero-order chi connectivity index (χ0) is 31.8. The molecule has 12 unspecified atom stereocenters. The molecule has 0 bridgehead atoms. The summed E-state index contributed by atoms with van der Waals surface area (Å²) in [6.07, 6.45) is 23.9. The molecule has 0 radical (unpaired) electrons. The lowest BCUT2D eigenvalue weighted by Crippen LogP contribution is -2.54. The maximum absolute atomic E-state index is 10.4. The first-order valence-corrected chi connectivity index (χ1v) is 19.3. The fourth-order valence-electron chi connectivity index (χ4n) is 11.7. The van der Waals surface area contributed by atoms with Gasteiger partial charge in [0.25, 0.3) is 0 Å². The molecule has 4 saturated carbocycles. The number of thioether (sulfide) groups is 1. The number of aliphatic hydroxyl groups is 1. The number of nitrogens with zero attached hydrogens (tertiary/aromatic N) is 1. The lowest BCUT2D eigenvalue weighted by atomic mass is 9.44. The highest BCUT2D eigenvalue weighted by molar-refractivity contribution is 8.00. The molecule has 4 fully saturated rings. The summed E-state index contributed by atoms with van der Waals surface area (Å²) in [6, 6.07) is 0.269. The van der Waals surface area contributed by atoms with Gasteiger partial charge in [-0.1, -0.05) is 40.3 Å². The maximum Gasteiger partial charge on any atom is 0.0813 e. The minimum absolute atomic E-state index is 0.0456. The van der Waals surface area contributed by atoms with Crippen molar-refractivity contribution in [2.75, 3.05) is 12.8 Å². The van der Waals surface area contributed by atoms with Crippen LogP contribution in [0.25, 0.3) is 0 Å². The molecule has 1 aliphatic heterocycles. The Morgan fingerprint density at radius 2 is 1.86 bits per heavy atom. The van der Waals surface area contributed by atoms with Crippen molar-refractivity contribution in [1.82, 2.24) is 10.2 Å². The summed E-state index contributed by atoms with van der Waals surface area (Å²) in [7, 11) is 2.26. The Balaban J connectivity index is 1.21. The van der Waals surface area contributed by atoms with E-state index in [-0.39, 0.29) is 12.1 Å². The molecule has 1 heterocycles. The molecule has 2 N–H and O–H groups in total. The Hall–Kier alpha value is -1.31. The average molecular weight is 621 g/mol. The third-order valence-corrected chi connectivity index (χ3v) is 15.8. The van der Waals surface area contributed by atoms with Gasteiger partial charge in [0.15, 0.2) is 0 Å². The highest BCUT2D eigenvalue weighted by atomic mass is 32.2. The van der Waals surface area contributed by atoms with Crippen LogP contribution in [0.5, 0.6) is 0 Å². The van der Waals surface area contributed by atoms with Crippen LogP contribution in [-0.4, -0.2) is 40.3 Å². The van der Waals surface area contributed by atoms with Crippen LogP contribution < -0.4 is 5.32 Å². The third-order valence-electron chi connectivity index (χ3n) is 14.2. The normalized spacial score (nSPS) is 40.6. The Morgan fingerprint density at radius 3 is 2.57 bits per heavy atom. The highest BCUT2D eigenvalue weighted by Crippen LogP contribution is 2.68. The summed E-state index contributed by atoms with van der Waals surface area (Å²) >= 11 is 2.07. The van der Waals surface area contributed by atoms with Crippen LogP contribution in [0.15, 0.2) is 36.2 Å². The van der Waals surface area contributed by atoms with Gasteiger partial charge < -0.3 is 15.3 Å². The number of aliphatic hydroxyl groups excluding tert-OH is 1. The standard InChI is InChI=1S/C40H64N2OS/c1-10-13-31(12-3)41-28(6)37-27(5)25-44-38(42(37)9)29(11-2)15-14-26(4)34-18-19-35-33-17-16-30-24-32(43)20-22-39(30,7)36(33)21-23-40(34,35)8/h1,11,26,29-36,38,41,43H,2,6,12-25H2,3-5,7-9H3. The van der Waals surface area contributed by atoms with E-state index in [1.165, 1.54) is 69.1 Å². The number of hydrogen-bond donors (Lipinski definition) is 2. The smallest absolute Gasteiger partial charge is 0.0813 e. The van der Waals surface area contributed by atoms with Crippen molar-refractivity contribution in [3.05, 3.63) is 36.2 Å². The summed E-state index contributed by atoms with van der Waals surface area (Å²) in [6.45, 7) is 21.2. The molecule has 5 rings (SSSR count). The summed E-state index contributed by atoms with van der Waals surface area (Å²) in [5, 5.41) is 14.5. The van der Waals surface area contributed by atoms with E-state index in [1.54, 1.807) is 0 Å². The van der Waals surface area contributed by atoms with Gasteiger partial charge in [0, 0.05) is 31.2 Å². The summed E-state index contributed by atoms with van der Waals surface area (Å²) in [5.41, 5.74) is 4.65. The third kappa shape index (κ3) is 6.20. The van der Waals surface area contributed by atoms with Crippen LogP contribution >= 0.6 is 11.8 Å². The molecule has 5 aliphatic rings. The van der Waals surface area contributed by atoms with Gasteiger partial charge >= 0.3 is 0 Å². The van der Waals surface area contributed by atoms with Gasteiger partial charge in [0.1, 0.15) is 0 Å². The number of rotatable bonds is 11. The molecular formula is C40H64N2OS. The Bertz CT molecular complexity index is 1120. The van der Waals surface area contributed by atoms with Crippen LogP contribution in [0.4, 0.5) is 0 Å². The van der Waals surface area contributed by atoms with Gasteiger partial charge in [-0.05, 0) is 136 Å². The van der Waals surface area contributed by atoms with Crippen LogP contribution in [-0.2, 0) is 0 Å². The Morgan fingerprint density at radius 1 is 1.14 bits per heavy atom. The molecular weight excluding hydrogens is 557 g/mol. The molecule has 0 aromatic carbocycles. The molecule has 246 valence electrons. The van der Waals surface area contributed by atoms with Crippen LogP contribution in [0.3, 0.4) is 0 Å². The number of nitrogens with one attached hydrogen (secondary N) is 1. The lowest BCUT2D eigenvalue weighted by molar-refractivity contribution is -0.129. The summed E-state index contributed by atoms with van der Waals surface area (Å²) in [5.74, 6) is 9.38. The van der Waals surface area contributed by atoms with Crippen molar-refractivity contribution in [2.24, 2.45) is 52.3 Å². The van der Waals surface area contributed by atoms with E-state index >= 15 is 0 Å². The van der Waals surface area contributed by atoms with Gasteiger partial charge in [0.2, 0.25) is 0 Å². The first-order valence-electron chi connectivity index (χ1n) is 18.2. The largest absolute Gasteiger partial charge is 0.393 e.